The summed E-state index contributed by atoms with van der Waals surface area (Å²) in [6.45, 7) is 10.9. The van der Waals surface area contributed by atoms with Crippen LogP contribution in [-0.4, -0.2) is 66.6 Å². The van der Waals surface area contributed by atoms with Crippen LogP contribution in [0.15, 0.2) is 63.4 Å². The number of hydrogen-bond acceptors (Lipinski definition) is 9. The van der Waals surface area contributed by atoms with Crippen molar-refractivity contribution < 1.29 is 33.3 Å². The van der Waals surface area contributed by atoms with Gasteiger partial charge in [-0.2, -0.15) is 0 Å². The molecule has 0 fully saturated rings. The van der Waals surface area contributed by atoms with Crippen LogP contribution >= 0.6 is 0 Å². The normalized spacial score (nSPS) is 13.8. The molecular formula is C32H40N2O7. The molecule has 0 saturated heterocycles. The maximum atomic E-state index is 13.1. The standard InChI is InChI=1S/C32H40N2O7/c1-19(2)33-15-24(35)17-38-27-10-6-8-22-13-29(40-31(22)27)21(5)12-26(37)30-14-23-9-7-11-28(32(23)41-30)39-18-25(36)16-34-20(3)4/h6-14,19-20,24-25,33-36H,15-18H2,1-5H3/b21-12+. The van der Waals surface area contributed by atoms with Gasteiger partial charge in [-0.1, -0.05) is 52.0 Å². The number of carbonyl (C=O) groups is 1. The Morgan fingerprint density at radius 3 is 1.76 bits per heavy atom. The summed E-state index contributed by atoms with van der Waals surface area (Å²) in [5, 5.41) is 28.3. The van der Waals surface area contributed by atoms with Crippen LogP contribution in [0.3, 0.4) is 0 Å². The number of nitrogens with one attached hydrogen (secondary N) is 2. The van der Waals surface area contributed by atoms with Gasteiger partial charge < -0.3 is 39.2 Å². The predicted octanol–water partition coefficient (Wildman–Crippen LogP) is 4.94. The van der Waals surface area contributed by atoms with Gasteiger partial charge in [-0.15, -0.1) is 0 Å². The number of benzene rings is 2. The molecule has 0 aliphatic heterocycles. The minimum atomic E-state index is -0.684. The highest BCUT2D eigenvalue weighted by Crippen LogP contribution is 2.33. The van der Waals surface area contributed by atoms with Crippen molar-refractivity contribution in [3.8, 4) is 11.5 Å². The summed E-state index contributed by atoms with van der Waals surface area (Å²) in [4.78, 5) is 13.1. The van der Waals surface area contributed by atoms with E-state index in [1.807, 2.05) is 58.0 Å². The number of carbonyl (C=O) groups excluding carboxylic acids is 1. The smallest absolute Gasteiger partial charge is 0.221 e. The number of para-hydroxylation sites is 2. The molecule has 4 aromatic rings. The van der Waals surface area contributed by atoms with E-state index in [0.717, 1.165) is 10.8 Å². The molecule has 2 heterocycles. The maximum absolute atomic E-state index is 13.1. The van der Waals surface area contributed by atoms with Gasteiger partial charge >= 0.3 is 0 Å². The Labute approximate surface area is 240 Å². The van der Waals surface area contributed by atoms with E-state index in [1.165, 1.54) is 6.08 Å². The fourth-order valence-corrected chi connectivity index (χ4v) is 4.19. The molecule has 4 N–H and O–H groups in total. The Hall–Kier alpha value is -3.63. The van der Waals surface area contributed by atoms with Crippen LogP contribution in [-0.2, 0) is 0 Å². The van der Waals surface area contributed by atoms with Gasteiger partial charge in [0.15, 0.2) is 28.4 Å². The first-order valence-corrected chi connectivity index (χ1v) is 14.0. The van der Waals surface area contributed by atoms with E-state index in [2.05, 4.69) is 10.6 Å². The average Bonchev–Trinajstić information content (AvgIpc) is 3.58. The number of aliphatic hydroxyl groups excluding tert-OH is 2. The van der Waals surface area contributed by atoms with Crippen LogP contribution in [0.1, 0.15) is 50.9 Å². The van der Waals surface area contributed by atoms with Crippen molar-refractivity contribution in [1.29, 1.82) is 0 Å². The third kappa shape index (κ3) is 8.20. The molecule has 220 valence electrons. The largest absolute Gasteiger partial charge is 0.487 e. The van der Waals surface area contributed by atoms with Gasteiger partial charge in [0.2, 0.25) is 5.78 Å². The minimum Gasteiger partial charge on any atom is -0.487 e. The number of rotatable bonds is 15. The topological polar surface area (TPSA) is 126 Å². The monoisotopic (exact) mass is 564 g/mol. The van der Waals surface area contributed by atoms with Crippen molar-refractivity contribution in [2.75, 3.05) is 26.3 Å². The summed E-state index contributed by atoms with van der Waals surface area (Å²) in [7, 11) is 0. The Kier molecular flexibility index (Phi) is 10.2. The zero-order valence-electron chi connectivity index (χ0n) is 24.3. The molecule has 4 rings (SSSR count). The van der Waals surface area contributed by atoms with Crippen LogP contribution in [0.4, 0.5) is 0 Å². The number of aliphatic hydroxyl groups is 2. The SMILES string of the molecule is C/C(=C\C(=O)c1cc2cccc(OCC(O)CNC(C)C)c2o1)c1cc2cccc(OCC(O)CNC(C)C)c2o1. The first-order chi connectivity index (χ1) is 19.6. The minimum absolute atomic E-state index is 0.0906. The van der Waals surface area contributed by atoms with Gasteiger partial charge in [-0.25, -0.2) is 0 Å². The fraction of sp³-hybridized carbons (Fsp3) is 0.406. The lowest BCUT2D eigenvalue weighted by molar-refractivity contribution is 0.101. The van der Waals surface area contributed by atoms with Crippen LogP contribution in [0.25, 0.3) is 27.5 Å². The molecule has 9 nitrogen and oxygen atoms in total. The number of hydrogen-bond donors (Lipinski definition) is 4. The van der Waals surface area contributed by atoms with Crippen LogP contribution in [0.5, 0.6) is 11.5 Å². The zero-order valence-corrected chi connectivity index (χ0v) is 24.3. The molecule has 41 heavy (non-hydrogen) atoms. The molecule has 2 aromatic heterocycles. The highest BCUT2D eigenvalue weighted by atomic mass is 16.5. The summed E-state index contributed by atoms with van der Waals surface area (Å²) >= 11 is 0. The Morgan fingerprint density at radius 1 is 0.805 bits per heavy atom. The second kappa shape index (κ2) is 13.8. The lowest BCUT2D eigenvalue weighted by Crippen LogP contribution is -2.35. The Morgan fingerprint density at radius 2 is 1.27 bits per heavy atom. The molecule has 0 spiro atoms. The first-order valence-electron chi connectivity index (χ1n) is 14.0. The second-order valence-corrected chi connectivity index (χ2v) is 10.8. The number of ether oxygens (including phenoxy) is 2. The molecule has 0 amide bonds. The third-order valence-corrected chi connectivity index (χ3v) is 6.38. The maximum Gasteiger partial charge on any atom is 0.221 e. The summed E-state index contributed by atoms with van der Waals surface area (Å²) in [6.07, 6.45) is 0.123. The molecule has 2 aromatic carbocycles. The van der Waals surface area contributed by atoms with E-state index in [9.17, 15) is 15.0 Å². The second-order valence-electron chi connectivity index (χ2n) is 10.8. The molecule has 2 unspecified atom stereocenters. The van der Waals surface area contributed by atoms with Gasteiger partial charge in [0.1, 0.15) is 31.2 Å². The molecule has 0 aliphatic rings. The van der Waals surface area contributed by atoms with Crippen LogP contribution in [0.2, 0.25) is 0 Å². The summed E-state index contributed by atoms with van der Waals surface area (Å²) < 4.78 is 23.6. The van der Waals surface area contributed by atoms with Gasteiger partial charge in [0.05, 0.1) is 0 Å². The van der Waals surface area contributed by atoms with Gasteiger partial charge in [0, 0.05) is 35.9 Å². The van der Waals surface area contributed by atoms with Crippen molar-refractivity contribution in [2.45, 2.75) is 58.9 Å². The predicted molar refractivity (Wildman–Crippen MR) is 160 cm³/mol. The molecule has 9 heteroatoms. The molecule has 0 bridgehead atoms. The van der Waals surface area contributed by atoms with E-state index in [0.29, 0.717) is 47.1 Å². The summed E-state index contributed by atoms with van der Waals surface area (Å²) in [5.74, 6) is 1.35. The van der Waals surface area contributed by atoms with E-state index >= 15 is 0 Å². The fourth-order valence-electron chi connectivity index (χ4n) is 4.19. The van der Waals surface area contributed by atoms with E-state index in [4.69, 9.17) is 18.3 Å². The van der Waals surface area contributed by atoms with E-state index < -0.39 is 12.2 Å². The van der Waals surface area contributed by atoms with Crippen molar-refractivity contribution in [1.82, 2.24) is 10.6 Å². The van der Waals surface area contributed by atoms with Gasteiger partial charge in [0.25, 0.3) is 0 Å². The molecule has 0 radical (unpaired) electrons. The van der Waals surface area contributed by atoms with Crippen molar-refractivity contribution >= 4 is 33.3 Å². The molecule has 2 atom stereocenters. The van der Waals surface area contributed by atoms with E-state index in [1.54, 1.807) is 25.1 Å². The average molecular weight is 565 g/mol. The molecular weight excluding hydrogens is 524 g/mol. The first kappa shape index (κ1) is 30.3. The van der Waals surface area contributed by atoms with Gasteiger partial charge in [-0.3, -0.25) is 4.79 Å². The van der Waals surface area contributed by atoms with Crippen molar-refractivity contribution in [3.05, 3.63) is 66.1 Å². The number of allylic oxidation sites excluding steroid dienone is 2. The Bertz CT molecular complexity index is 1480. The lowest BCUT2D eigenvalue weighted by atomic mass is 10.1. The zero-order chi connectivity index (χ0) is 29.5. The van der Waals surface area contributed by atoms with Crippen LogP contribution in [0, 0.1) is 0 Å². The number of furan rings is 2. The number of ketones is 1. The Balaban J connectivity index is 1.46. The quantitative estimate of drug-likeness (QED) is 0.117. The summed E-state index contributed by atoms with van der Waals surface area (Å²) in [6, 6.07) is 15.0. The highest BCUT2D eigenvalue weighted by Gasteiger charge is 2.17. The molecule has 0 aliphatic carbocycles. The molecule has 0 saturated carbocycles. The lowest BCUT2D eigenvalue weighted by Gasteiger charge is -2.15. The van der Waals surface area contributed by atoms with E-state index in [-0.39, 0.29) is 36.8 Å². The third-order valence-electron chi connectivity index (χ3n) is 6.38. The number of fused-ring (bicyclic) bond motifs is 2. The summed E-state index contributed by atoms with van der Waals surface area (Å²) in [5.41, 5.74) is 1.61. The van der Waals surface area contributed by atoms with Crippen molar-refractivity contribution in [3.63, 3.8) is 0 Å². The van der Waals surface area contributed by atoms with Crippen LogP contribution < -0.4 is 20.1 Å². The van der Waals surface area contributed by atoms with Crippen molar-refractivity contribution in [2.24, 2.45) is 0 Å². The van der Waals surface area contributed by atoms with Gasteiger partial charge in [-0.05, 0) is 42.8 Å². The highest BCUT2D eigenvalue weighted by molar-refractivity contribution is 6.08.